The highest BCUT2D eigenvalue weighted by atomic mass is 16.5. The highest BCUT2D eigenvalue weighted by molar-refractivity contribution is 5.27. The van der Waals surface area contributed by atoms with Gasteiger partial charge in [-0.1, -0.05) is 31.2 Å². The van der Waals surface area contributed by atoms with E-state index in [9.17, 15) is 0 Å². The molecule has 1 aromatic carbocycles. The second-order valence-electron chi connectivity index (χ2n) is 5.30. The van der Waals surface area contributed by atoms with Crippen LogP contribution < -0.4 is 5.32 Å². The molecule has 0 aliphatic carbocycles. The van der Waals surface area contributed by atoms with Gasteiger partial charge in [0.15, 0.2) is 0 Å². The van der Waals surface area contributed by atoms with E-state index < -0.39 is 0 Å². The largest absolute Gasteiger partial charge is 0.380 e. The van der Waals surface area contributed by atoms with Crippen LogP contribution in [0.15, 0.2) is 24.3 Å². The van der Waals surface area contributed by atoms with Crippen LogP contribution in [-0.2, 0) is 17.7 Å². The van der Waals surface area contributed by atoms with Crippen LogP contribution in [0.3, 0.4) is 0 Å². The van der Waals surface area contributed by atoms with Gasteiger partial charge in [0.1, 0.15) is 0 Å². The number of rotatable bonds is 7. The second kappa shape index (κ2) is 7.63. The van der Waals surface area contributed by atoms with Gasteiger partial charge in [-0.25, -0.2) is 0 Å². The summed E-state index contributed by atoms with van der Waals surface area (Å²) in [6.45, 7) is 7.08. The van der Waals surface area contributed by atoms with E-state index >= 15 is 0 Å². The Balaban J connectivity index is 1.94. The van der Waals surface area contributed by atoms with Crippen molar-refractivity contribution in [3.8, 4) is 0 Å². The minimum Gasteiger partial charge on any atom is -0.380 e. The molecule has 1 N–H and O–H groups in total. The van der Waals surface area contributed by atoms with E-state index in [-0.39, 0.29) is 0 Å². The molecule has 1 unspecified atom stereocenters. The van der Waals surface area contributed by atoms with Gasteiger partial charge in [-0.15, -0.1) is 0 Å². The average Bonchev–Trinajstić information content (AvgIpc) is 2.95. The van der Waals surface area contributed by atoms with Crippen LogP contribution in [0, 0.1) is 0 Å². The third-order valence-electron chi connectivity index (χ3n) is 3.89. The molecule has 1 atom stereocenters. The number of nitrogens with zero attached hydrogens (tertiary/aromatic N) is 1. The molecule has 0 saturated carbocycles. The van der Waals surface area contributed by atoms with E-state index in [1.807, 2.05) is 0 Å². The molecule has 0 spiro atoms. The van der Waals surface area contributed by atoms with Crippen molar-refractivity contribution in [2.75, 3.05) is 33.4 Å². The van der Waals surface area contributed by atoms with Crippen molar-refractivity contribution in [1.29, 1.82) is 0 Å². The number of hydrogen-bond donors (Lipinski definition) is 1. The molecule has 1 heterocycles. The third kappa shape index (κ3) is 4.30. The predicted molar refractivity (Wildman–Crippen MR) is 79.4 cm³/mol. The molecule has 106 valence electrons. The van der Waals surface area contributed by atoms with Gasteiger partial charge in [-0.05, 0) is 44.1 Å². The highest BCUT2D eigenvalue weighted by Gasteiger charge is 2.20. The summed E-state index contributed by atoms with van der Waals surface area (Å²) in [5.41, 5.74) is 2.92. The van der Waals surface area contributed by atoms with Crippen LogP contribution in [0.4, 0.5) is 0 Å². The van der Waals surface area contributed by atoms with E-state index in [0.717, 1.165) is 45.7 Å². The first kappa shape index (κ1) is 14.5. The maximum absolute atomic E-state index is 5.47. The molecule has 1 aliphatic rings. The van der Waals surface area contributed by atoms with Crippen molar-refractivity contribution < 1.29 is 4.74 Å². The lowest BCUT2D eigenvalue weighted by Gasteiger charge is -2.24. The van der Waals surface area contributed by atoms with E-state index in [2.05, 4.69) is 48.5 Å². The fourth-order valence-corrected chi connectivity index (χ4v) is 2.62. The van der Waals surface area contributed by atoms with Crippen molar-refractivity contribution in [3.63, 3.8) is 0 Å². The Morgan fingerprint density at radius 1 is 1.32 bits per heavy atom. The molecular formula is C16H26N2O. The molecule has 3 nitrogen and oxygen atoms in total. The molecule has 0 radical (unpaired) electrons. The standard InChI is InChI=1S/C16H26N2O/c1-3-17-10-8-14-6-4-5-7-15(14)12-18(2)16-9-11-19-13-16/h4-7,16-17H,3,8-13H2,1-2H3. The molecule has 0 bridgehead atoms. The normalized spacial score (nSPS) is 19.2. The van der Waals surface area contributed by atoms with Gasteiger partial charge in [0.25, 0.3) is 0 Å². The summed E-state index contributed by atoms with van der Waals surface area (Å²) < 4.78 is 5.47. The van der Waals surface area contributed by atoms with Crippen LogP contribution in [0.2, 0.25) is 0 Å². The van der Waals surface area contributed by atoms with Gasteiger partial charge in [0, 0.05) is 19.2 Å². The zero-order valence-electron chi connectivity index (χ0n) is 12.2. The smallest absolute Gasteiger partial charge is 0.0622 e. The van der Waals surface area contributed by atoms with Gasteiger partial charge >= 0.3 is 0 Å². The Morgan fingerprint density at radius 2 is 2.11 bits per heavy atom. The SMILES string of the molecule is CCNCCc1ccccc1CN(C)C1CCOC1. The summed E-state index contributed by atoms with van der Waals surface area (Å²) in [7, 11) is 2.21. The third-order valence-corrected chi connectivity index (χ3v) is 3.89. The lowest BCUT2D eigenvalue weighted by atomic mass is 10.0. The Bertz CT molecular complexity index is 375. The fraction of sp³-hybridized carbons (Fsp3) is 0.625. The molecule has 1 fully saturated rings. The first-order chi connectivity index (χ1) is 9.31. The maximum Gasteiger partial charge on any atom is 0.0622 e. The minimum absolute atomic E-state index is 0.585. The molecule has 1 aromatic rings. The van der Waals surface area contributed by atoms with Gasteiger partial charge in [0.2, 0.25) is 0 Å². The van der Waals surface area contributed by atoms with Crippen LogP contribution in [0.1, 0.15) is 24.5 Å². The minimum atomic E-state index is 0.585. The van der Waals surface area contributed by atoms with Crippen LogP contribution in [0.25, 0.3) is 0 Å². The van der Waals surface area contributed by atoms with Gasteiger partial charge in [-0.3, -0.25) is 4.90 Å². The molecule has 0 aromatic heterocycles. The zero-order valence-corrected chi connectivity index (χ0v) is 12.2. The summed E-state index contributed by atoms with van der Waals surface area (Å²) >= 11 is 0. The summed E-state index contributed by atoms with van der Waals surface area (Å²) in [5, 5.41) is 3.40. The number of nitrogens with one attached hydrogen (secondary N) is 1. The monoisotopic (exact) mass is 262 g/mol. The van der Waals surface area contributed by atoms with Crippen LogP contribution in [0.5, 0.6) is 0 Å². The number of likely N-dealkylation sites (N-methyl/N-ethyl adjacent to an activating group) is 2. The van der Waals surface area contributed by atoms with Crippen LogP contribution in [-0.4, -0.2) is 44.3 Å². The first-order valence-electron chi connectivity index (χ1n) is 7.36. The lowest BCUT2D eigenvalue weighted by Crippen LogP contribution is -2.31. The summed E-state index contributed by atoms with van der Waals surface area (Å²) in [4.78, 5) is 2.43. The quantitative estimate of drug-likeness (QED) is 0.761. The van der Waals surface area contributed by atoms with Crippen molar-refractivity contribution in [1.82, 2.24) is 10.2 Å². The van der Waals surface area contributed by atoms with Gasteiger partial charge in [0.05, 0.1) is 6.61 Å². The van der Waals surface area contributed by atoms with E-state index in [1.54, 1.807) is 0 Å². The summed E-state index contributed by atoms with van der Waals surface area (Å²) in [5.74, 6) is 0. The van der Waals surface area contributed by atoms with Crippen LogP contribution >= 0.6 is 0 Å². The van der Waals surface area contributed by atoms with E-state index in [1.165, 1.54) is 11.1 Å². The lowest BCUT2D eigenvalue weighted by molar-refractivity contribution is 0.156. The highest BCUT2D eigenvalue weighted by Crippen LogP contribution is 2.16. The van der Waals surface area contributed by atoms with Crippen molar-refractivity contribution in [2.24, 2.45) is 0 Å². The topological polar surface area (TPSA) is 24.5 Å². The Morgan fingerprint density at radius 3 is 2.79 bits per heavy atom. The number of ether oxygens (including phenoxy) is 1. The molecular weight excluding hydrogens is 236 g/mol. The summed E-state index contributed by atoms with van der Waals surface area (Å²) in [6.07, 6.45) is 2.27. The number of benzene rings is 1. The summed E-state index contributed by atoms with van der Waals surface area (Å²) in [6, 6.07) is 9.38. The Kier molecular flexibility index (Phi) is 5.83. The Labute approximate surface area is 116 Å². The first-order valence-corrected chi connectivity index (χ1v) is 7.36. The van der Waals surface area contributed by atoms with Crippen molar-refractivity contribution >= 4 is 0 Å². The fourth-order valence-electron chi connectivity index (χ4n) is 2.62. The predicted octanol–water partition coefficient (Wildman–Crippen LogP) is 2.06. The molecule has 0 amide bonds. The second-order valence-corrected chi connectivity index (χ2v) is 5.30. The van der Waals surface area contributed by atoms with E-state index in [4.69, 9.17) is 4.74 Å². The molecule has 3 heteroatoms. The number of hydrogen-bond acceptors (Lipinski definition) is 3. The van der Waals surface area contributed by atoms with Crippen molar-refractivity contribution in [3.05, 3.63) is 35.4 Å². The van der Waals surface area contributed by atoms with Gasteiger partial charge in [-0.2, -0.15) is 0 Å². The molecule has 1 aliphatic heterocycles. The zero-order chi connectivity index (χ0) is 13.5. The molecule has 1 saturated heterocycles. The Hall–Kier alpha value is -0.900. The van der Waals surface area contributed by atoms with E-state index in [0.29, 0.717) is 6.04 Å². The molecule has 19 heavy (non-hydrogen) atoms. The maximum atomic E-state index is 5.47. The molecule has 2 rings (SSSR count). The average molecular weight is 262 g/mol. The van der Waals surface area contributed by atoms with Gasteiger partial charge < -0.3 is 10.1 Å². The van der Waals surface area contributed by atoms with Crippen molar-refractivity contribution in [2.45, 2.75) is 32.4 Å².